The standard InChI is InChI=1S/C18H18N2O2/c1-13(14-8-4-2-5-9-14)12-16(21)20-17(18(19)22)15-10-6-3-7-11-15/h2-12,17H,1H3,(H2,19,22)(H,20,21)/b13-12-/t17-/m1/s1. The molecule has 4 nitrogen and oxygen atoms in total. The van der Waals surface area contributed by atoms with Gasteiger partial charge in [-0.1, -0.05) is 60.7 Å². The van der Waals surface area contributed by atoms with Crippen LogP contribution in [0, 0.1) is 0 Å². The van der Waals surface area contributed by atoms with Gasteiger partial charge in [0.25, 0.3) is 0 Å². The molecule has 0 bridgehead atoms. The van der Waals surface area contributed by atoms with Crippen molar-refractivity contribution < 1.29 is 9.59 Å². The second-order valence-corrected chi connectivity index (χ2v) is 4.95. The molecule has 0 radical (unpaired) electrons. The van der Waals surface area contributed by atoms with Gasteiger partial charge in [0.05, 0.1) is 0 Å². The van der Waals surface area contributed by atoms with E-state index < -0.39 is 11.9 Å². The van der Waals surface area contributed by atoms with Gasteiger partial charge in [-0.05, 0) is 23.6 Å². The smallest absolute Gasteiger partial charge is 0.245 e. The molecule has 3 N–H and O–H groups in total. The van der Waals surface area contributed by atoms with Crippen molar-refractivity contribution in [3.63, 3.8) is 0 Å². The van der Waals surface area contributed by atoms with E-state index >= 15 is 0 Å². The van der Waals surface area contributed by atoms with Crippen molar-refractivity contribution in [3.8, 4) is 0 Å². The number of nitrogens with two attached hydrogens (primary N) is 1. The van der Waals surface area contributed by atoms with Gasteiger partial charge < -0.3 is 11.1 Å². The molecule has 2 aromatic carbocycles. The molecule has 0 saturated heterocycles. The third-order valence-corrected chi connectivity index (χ3v) is 3.28. The zero-order chi connectivity index (χ0) is 15.9. The van der Waals surface area contributed by atoms with E-state index in [0.29, 0.717) is 5.56 Å². The van der Waals surface area contributed by atoms with Gasteiger partial charge >= 0.3 is 0 Å². The van der Waals surface area contributed by atoms with Crippen LogP contribution in [0.5, 0.6) is 0 Å². The van der Waals surface area contributed by atoms with Crippen LogP contribution in [0.25, 0.3) is 5.57 Å². The molecule has 2 amide bonds. The summed E-state index contributed by atoms with van der Waals surface area (Å²) in [6.45, 7) is 1.84. The molecule has 4 heteroatoms. The molecule has 0 aromatic heterocycles. The Labute approximate surface area is 129 Å². The van der Waals surface area contributed by atoms with Crippen molar-refractivity contribution in [2.45, 2.75) is 13.0 Å². The first kappa shape index (κ1) is 15.5. The average molecular weight is 294 g/mol. The van der Waals surface area contributed by atoms with Crippen LogP contribution in [0.3, 0.4) is 0 Å². The minimum absolute atomic E-state index is 0.353. The van der Waals surface area contributed by atoms with Gasteiger partial charge in [-0.2, -0.15) is 0 Å². The molecular weight excluding hydrogens is 276 g/mol. The molecule has 1 atom stereocenters. The number of amides is 2. The van der Waals surface area contributed by atoms with Crippen LogP contribution in [0.1, 0.15) is 24.1 Å². The Hall–Kier alpha value is -2.88. The van der Waals surface area contributed by atoms with Gasteiger partial charge in [0.1, 0.15) is 6.04 Å². The number of allylic oxidation sites excluding steroid dienone is 1. The van der Waals surface area contributed by atoms with Gasteiger partial charge in [-0.15, -0.1) is 0 Å². The Bertz CT molecular complexity index is 679. The zero-order valence-corrected chi connectivity index (χ0v) is 12.3. The van der Waals surface area contributed by atoms with Gasteiger partial charge in [-0.3, -0.25) is 9.59 Å². The molecule has 0 aliphatic carbocycles. The van der Waals surface area contributed by atoms with E-state index in [-0.39, 0.29) is 5.91 Å². The molecule has 0 spiro atoms. The summed E-state index contributed by atoms with van der Waals surface area (Å²) >= 11 is 0. The molecule has 112 valence electrons. The highest BCUT2D eigenvalue weighted by atomic mass is 16.2. The average Bonchev–Trinajstić information content (AvgIpc) is 2.54. The van der Waals surface area contributed by atoms with Crippen LogP contribution < -0.4 is 11.1 Å². The second-order valence-electron chi connectivity index (χ2n) is 4.95. The highest BCUT2D eigenvalue weighted by Gasteiger charge is 2.19. The van der Waals surface area contributed by atoms with Crippen LogP contribution in [0.2, 0.25) is 0 Å². The predicted molar refractivity (Wildman–Crippen MR) is 86.6 cm³/mol. The first-order chi connectivity index (χ1) is 10.6. The fourth-order valence-corrected chi connectivity index (χ4v) is 2.13. The summed E-state index contributed by atoms with van der Waals surface area (Å²) in [5.41, 5.74) is 7.81. The summed E-state index contributed by atoms with van der Waals surface area (Å²) in [7, 11) is 0. The Morgan fingerprint density at radius 1 is 1.00 bits per heavy atom. The van der Waals surface area contributed by atoms with E-state index in [1.54, 1.807) is 24.3 Å². The van der Waals surface area contributed by atoms with Crippen LogP contribution >= 0.6 is 0 Å². The van der Waals surface area contributed by atoms with Crippen molar-refractivity contribution in [2.75, 3.05) is 0 Å². The monoisotopic (exact) mass is 294 g/mol. The topological polar surface area (TPSA) is 72.2 Å². The third kappa shape index (κ3) is 4.06. The van der Waals surface area contributed by atoms with Crippen LogP contribution in [0.15, 0.2) is 66.7 Å². The lowest BCUT2D eigenvalue weighted by molar-refractivity contribution is -0.125. The Kier molecular flexibility index (Phi) is 5.09. The van der Waals surface area contributed by atoms with Crippen molar-refractivity contribution in [2.24, 2.45) is 5.73 Å². The van der Waals surface area contributed by atoms with E-state index in [1.165, 1.54) is 6.08 Å². The summed E-state index contributed by atoms with van der Waals surface area (Å²) in [6.07, 6.45) is 1.47. The number of benzene rings is 2. The number of carbonyl (C=O) groups excluding carboxylic acids is 2. The van der Waals surface area contributed by atoms with E-state index in [9.17, 15) is 9.59 Å². The molecule has 0 aliphatic rings. The van der Waals surface area contributed by atoms with E-state index in [1.807, 2.05) is 43.3 Å². The summed E-state index contributed by atoms with van der Waals surface area (Å²) < 4.78 is 0. The number of hydrogen-bond acceptors (Lipinski definition) is 2. The molecule has 0 saturated carbocycles. The van der Waals surface area contributed by atoms with E-state index in [0.717, 1.165) is 11.1 Å². The number of nitrogens with one attached hydrogen (secondary N) is 1. The normalized spacial score (nSPS) is 12.5. The van der Waals surface area contributed by atoms with E-state index in [4.69, 9.17) is 5.73 Å². The maximum absolute atomic E-state index is 12.1. The maximum atomic E-state index is 12.1. The quantitative estimate of drug-likeness (QED) is 0.831. The Morgan fingerprint density at radius 3 is 2.09 bits per heavy atom. The summed E-state index contributed by atoms with van der Waals surface area (Å²) in [6, 6.07) is 17.6. The number of carbonyl (C=O) groups is 2. The minimum atomic E-state index is -0.839. The largest absolute Gasteiger partial charge is 0.368 e. The van der Waals surface area contributed by atoms with Crippen molar-refractivity contribution in [3.05, 3.63) is 77.9 Å². The van der Waals surface area contributed by atoms with Crippen molar-refractivity contribution in [1.82, 2.24) is 5.32 Å². The summed E-state index contributed by atoms with van der Waals surface area (Å²) in [5, 5.41) is 2.64. The molecule has 0 unspecified atom stereocenters. The molecule has 0 heterocycles. The third-order valence-electron chi connectivity index (χ3n) is 3.28. The molecule has 2 rings (SSSR count). The lowest BCUT2D eigenvalue weighted by Gasteiger charge is -2.15. The first-order valence-corrected chi connectivity index (χ1v) is 6.96. The lowest BCUT2D eigenvalue weighted by atomic mass is 10.1. The summed E-state index contributed by atoms with van der Waals surface area (Å²) in [4.78, 5) is 23.7. The highest BCUT2D eigenvalue weighted by molar-refractivity contribution is 5.97. The molecule has 2 aromatic rings. The maximum Gasteiger partial charge on any atom is 0.245 e. The number of primary amides is 1. The minimum Gasteiger partial charge on any atom is -0.368 e. The number of hydrogen-bond donors (Lipinski definition) is 2. The molecule has 0 fully saturated rings. The van der Waals surface area contributed by atoms with Crippen molar-refractivity contribution in [1.29, 1.82) is 0 Å². The molecule has 0 aliphatic heterocycles. The van der Waals surface area contributed by atoms with E-state index in [2.05, 4.69) is 5.32 Å². The fourth-order valence-electron chi connectivity index (χ4n) is 2.13. The molecular formula is C18H18N2O2. The van der Waals surface area contributed by atoms with Gasteiger partial charge in [-0.25, -0.2) is 0 Å². The zero-order valence-electron chi connectivity index (χ0n) is 12.3. The fraction of sp³-hybridized carbons (Fsp3) is 0.111. The molecule has 22 heavy (non-hydrogen) atoms. The van der Waals surface area contributed by atoms with Crippen molar-refractivity contribution >= 4 is 17.4 Å². The van der Waals surface area contributed by atoms with Crippen LogP contribution in [-0.4, -0.2) is 11.8 Å². The second kappa shape index (κ2) is 7.22. The Morgan fingerprint density at radius 2 is 1.55 bits per heavy atom. The summed E-state index contributed by atoms with van der Waals surface area (Å²) in [5.74, 6) is -0.945. The lowest BCUT2D eigenvalue weighted by Crippen LogP contribution is -2.36. The van der Waals surface area contributed by atoms with Gasteiger partial charge in [0.2, 0.25) is 11.8 Å². The van der Waals surface area contributed by atoms with Gasteiger partial charge in [0.15, 0.2) is 0 Å². The SMILES string of the molecule is C/C(=C/C(=O)N[C@@H](C(N)=O)c1ccccc1)c1ccccc1. The van der Waals surface area contributed by atoms with Crippen LogP contribution in [0.4, 0.5) is 0 Å². The number of rotatable bonds is 5. The van der Waals surface area contributed by atoms with Crippen LogP contribution in [-0.2, 0) is 9.59 Å². The van der Waals surface area contributed by atoms with Gasteiger partial charge in [0, 0.05) is 6.08 Å². The highest BCUT2D eigenvalue weighted by Crippen LogP contribution is 2.14. The Balaban J connectivity index is 2.14. The first-order valence-electron chi connectivity index (χ1n) is 6.96. The predicted octanol–water partition coefficient (Wildman–Crippen LogP) is 2.43.